The zero-order valence-corrected chi connectivity index (χ0v) is 14.6. The van der Waals surface area contributed by atoms with Gasteiger partial charge in [0.1, 0.15) is 12.4 Å². The third-order valence-corrected chi connectivity index (χ3v) is 3.80. The number of aryl methyl sites for hydroxylation is 1. The molecule has 0 unspecified atom stereocenters. The van der Waals surface area contributed by atoms with Gasteiger partial charge in [-0.25, -0.2) is 5.43 Å². The minimum atomic E-state index is -0.238. The second kappa shape index (κ2) is 8.62. The molecule has 130 valence electrons. The van der Waals surface area contributed by atoms with Gasteiger partial charge in [-0.15, -0.1) is 0 Å². The van der Waals surface area contributed by atoms with Gasteiger partial charge in [0.15, 0.2) is 0 Å². The number of hydrogen-bond acceptors (Lipinski definition) is 3. The molecule has 0 fully saturated rings. The van der Waals surface area contributed by atoms with E-state index in [1.807, 2.05) is 73.7 Å². The van der Waals surface area contributed by atoms with Gasteiger partial charge < -0.3 is 4.74 Å². The van der Waals surface area contributed by atoms with Crippen molar-refractivity contribution in [3.8, 4) is 5.75 Å². The third-order valence-electron chi connectivity index (χ3n) is 3.80. The molecular formula is C22H20N2O2. The maximum Gasteiger partial charge on any atom is 0.271 e. The number of carbonyl (C=O) groups excluding carboxylic acids is 1. The van der Waals surface area contributed by atoms with Crippen LogP contribution in [0.25, 0.3) is 0 Å². The lowest BCUT2D eigenvalue weighted by Crippen LogP contribution is -2.17. The molecule has 0 saturated heterocycles. The number of benzene rings is 3. The van der Waals surface area contributed by atoms with Crippen molar-refractivity contribution in [3.05, 3.63) is 101 Å². The van der Waals surface area contributed by atoms with Crippen molar-refractivity contribution >= 4 is 12.1 Å². The Kier molecular flexibility index (Phi) is 5.78. The van der Waals surface area contributed by atoms with Crippen LogP contribution in [-0.4, -0.2) is 12.1 Å². The molecule has 0 heterocycles. The first-order valence-corrected chi connectivity index (χ1v) is 8.37. The highest BCUT2D eigenvalue weighted by molar-refractivity contribution is 5.94. The quantitative estimate of drug-likeness (QED) is 0.534. The van der Waals surface area contributed by atoms with E-state index in [4.69, 9.17) is 4.74 Å². The van der Waals surface area contributed by atoms with E-state index in [-0.39, 0.29) is 5.91 Å². The van der Waals surface area contributed by atoms with Gasteiger partial charge in [-0.1, -0.05) is 60.2 Å². The van der Waals surface area contributed by atoms with Crippen molar-refractivity contribution in [2.75, 3.05) is 0 Å². The monoisotopic (exact) mass is 344 g/mol. The molecule has 0 saturated carbocycles. The molecule has 4 heteroatoms. The average molecular weight is 344 g/mol. The van der Waals surface area contributed by atoms with E-state index in [1.165, 1.54) is 0 Å². The van der Waals surface area contributed by atoms with E-state index in [2.05, 4.69) is 10.5 Å². The lowest BCUT2D eigenvalue weighted by molar-refractivity contribution is 0.0955. The van der Waals surface area contributed by atoms with Crippen LogP contribution in [0.2, 0.25) is 0 Å². The predicted molar refractivity (Wildman–Crippen MR) is 103 cm³/mol. The molecule has 3 rings (SSSR count). The van der Waals surface area contributed by atoms with Gasteiger partial charge in [-0.05, 0) is 42.3 Å². The third kappa shape index (κ3) is 5.05. The summed E-state index contributed by atoms with van der Waals surface area (Å²) in [5.74, 6) is 0.514. The fourth-order valence-electron chi connectivity index (χ4n) is 2.36. The summed E-state index contributed by atoms with van der Waals surface area (Å²) in [6, 6.07) is 24.9. The van der Waals surface area contributed by atoms with E-state index in [1.54, 1.807) is 18.3 Å². The van der Waals surface area contributed by atoms with Crippen LogP contribution in [0.4, 0.5) is 0 Å². The van der Waals surface area contributed by atoms with Crippen LogP contribution in [0, 0.1) is 6.92 Å². The number of nitrogens with zero attached hydrogens (tertiary/aromatic N) is 1. The van der Waals surface area contributed by atoms with Gasteiger partial charge >= 0.3 is 0 Å². The summed E-state index contributed by atoms with van der Waals surface area (Å²) in [5.41, 5.74) is 6.17. The molecule has 0 atom stereocenters. The van der Waals surface area contributed by atoms with Crippen LogP contribution in [0.3, 0.4) is 0 Å². The van der Waals surface area contributed by atoms with Gasteiger partial charge in [0.05, 0.1) is 6.21 Å². The number of rotatable bonds is 6. The van der Waals surface area contributed by atoms with Gasteiger partial charge in [0.25, 0.3) is 5.91 Å². The van der Waals surface area contributed by atoms with E-state index in [9.17, 15) is 4.79 Å². The number of hydrogen-bond donors (Lipinski definition) is 1. The van der Waals surface area contributed by atoms with Gasteiger partial charge in [0, 0.05) is 5.56 Å². The molecule has 0 spiro atoms. The molecule has 0 radical (unpaired) electrons. The Hall–Kier alpha value is -3.40. The minimum Gasteiger partial charge on any atom is -0.489 e. The molecule has 3 aromatic rings. The summed E-state index contributed by atoms with van der Waals surface area (Å²) in [7, 11) is 0. The number of nitrogens with one attached hydrogen (secondary N) is 1. The first kappa shape index (κ1) is 17.4. The van der Waals surface area contributed by atoms with Crippen molar-refractivity contribution in [1.82, 2.24) is 5.43 Å². The largest absolute Gasteiger partial charge is 0.489 e. The summed E-state index contributed by atoms with van der Waals surface area (Å²) in [6.07, 6.45) is 1.60. The highest BCUT2D eigenvalue weighted by Crippen LogP contribution is 2.14. The normalized spacial score (nSPS) is 10.7. The maximum atomic E-state index is 12.0. The first-order chi connectivity index (χ1) is 12.7. The molecule has 4 nitrogen and oxygen atoms in total. The van der Waals surface area contributed by atoms with Crippen LogP contribution in [-0.2, 0) is 6.61 Å². The lowest BCUT2D eigenvalue weighted by atomic mass is 10.1. The molecule has 3 aromatic carbocycles. The summed E-state index contributed by atoms with van der Waals surface area (Å²) in [6.45, 7) is 2.48. The molecule has 0 aromatic heterocycles. The van der Waals surface area contributed by atoms with Gasteiger partial charge in [-0.2, -0.15) is 5.10 Å². The molecule has 26 heavy (non-hydrogen) atoms. The zero-order valence-electron chi connectivity index (χ0n) is 14.6. The van der Waals surface area contributed by atoms with Crippen LogP contribution in [0.15, 0.2) is 84.0 Å². The summed E-state index contributed by atoms with van der Waals surface area (Å²) in [4.78, 5) is 12.0. The van der Waals surface area contributed by atoms with E-state index in [0.717, 1.165) is 22.4 Å². The van der Waals surface area contributed by atoms with E-state index >= 15 is 0 Å². The van der Waals surface area contributed by atoms with E-state index < -0.39 is 0 Å². The van der Waals surface area contributed by atoms with Crippen LogP contribution < -0.4 is 10.2 Å². The van der Waals surface area contributed by atoms with Crippen LogP contribution in [0.5, 0.6) is 5.75 Å². The van der Waals surface area contributed by atoms with Crippen molar-refractivity contribution < 1.29 is 9.53 Å². The molecule has 0 aliphatic rings. The Labute approximate surface area is 153 Å². The smallest absolute Gasteiger partial charge is 0.271 e. The Morgan fingerprint density at radius 3 is 2.54 bits per heavy atom. The van der Waals surface area contributed by atoms with Crippen molar-refractivity contribution in [2.45, 2.75) is 13.5 Å². The molecule has 0 aliphatic heterocycles. The highest BCUT2D eigenvalue weighted by atomic mass is 16.5. The fourth-order valence-corrected chi connectivity index (χ4v) is 2.36. The number of hydrazone groups is 1. The van der Waals surface area contributed by atoms with Gasteiger partial charge in [-0.3, -0.25) is 4.79 Å². The lowest BCUT2D eigenvalue weighted by Gasteiger charge is -2.06. The maximum absolute atomic E-state index is 12.0. The fraction of sp³-hybridized carbons (Fsp3) is 0.0909. The van der Waals surface area contributed by atoms with E-state index in [0.29, 0.717) is 12.2 Å². The van der Waals surface area contributed by atoms with Crippen molar-refractivity contribution in [1.29, 1.82) is 0 Å². The zero-order chi connectivity index (χ0) is 18.2. The van der Waals surface area contributed by atoms with Crippen LogP contribution in [0.1, 0.15) is 27.0 Å². The molecular weight excluding hydrogens is 324 g/mol. The van der Waals surface area contributed by atoms with Crippen LogP contribution >= 0.6 is 0 Å². The summed E-state index contributed by atoms with van der Waals surface area (Å²) < 4.78 is 5.79. The first-order valence-electron chi connectivity index (χ1n) is 8.37. The summed E-state index contributed by atoms with van der Waals surface area (Å²) in [5, 5.41) is 4.02. The Balaban J connectivity index is 1.56. The minimum absolute atomic E-state index is 0.238. The van der Waals surface area contributed by atoms with Gasteiger partial charge in [0.2, 0.25) is 0 Å². The predicted octanol–water partition coefficient (Wildman–Crippen LogP) is 4.34. The molecule has 0 aliphatic carbocycles. The Morgan fingerprint density at radius 2 is 1.77 bits per heavy atom. The van der Waals surface area contributed by atoms with Crippen molar-refractivity contribution in [2.24, 2.45) is 5.10 Å². The number of ether oxygens (including phenoxy) is 1. The van der Waals surface area contributed by atoms with Crippen molar-refractivity contribution in [3.63, 3.8) is 0 Å². The number of amides is 1. The molecule has 1 amide bonds. The standard InChI is InChI=1S/C22H20N2O2/c1-17-10-12-20(13-11-17)22(25)24-23-15-19-8-5-9-21(14-19)26-16-18-6-3-2-4-7-18/h2-15H,16H2,1H3,(H,24,25)/b23-15-. The molecule has 1 N–H and O–H groups in total. The number of carbonyl (C=O) groups is 1. The highest BCUT2D eigenvalue weighted by Gasteiger charge is 2.03. The summed E-state index contributed by atoms with van der Waals surface area (Å²) >= 11 is 0. The SMILES string of the molecule is Cc1ccc(C(=O)N/N=C\c2cccc(OCc3ccccc3)c2)cc1. The topological polar surface area (TPSA) is 50.7 Å². The Morgan fingerprint density at radius 1 is 1.00 bits per heavy atom. The second-order valence-corrected chi connectivity index (χ2v) is 5.91. The Bertz CT molecular complexity index is 888. The second-order valence-electron chi connectivity index (χ2n) is 5.91. The molecule has 0 bridgehead atoms. The average Bonchev–Trinajstić information content (AvgIpc) is 2.68.